The SMILES string of the molecule is N#C[C@@H]1C[C@H](F)CN1C(=O)CN1CCC(Oc2ccnc3ccc(F)cc23)CC1. The summed E-state index contributed by atoms with van der Waals surface area (Å²) in [7, 11) is 0. The lowest BCUT2D eigenvalue weighted by Gasteiger charge is -2.33. The van der Waals surface area contributed by atoms with E-state index < -0.39 is 12.2 Å². The number of fused-ring (bicyclic) bond motifs is 1. The molecule has 152 valence electrons. The first-order chi connectivity index (χ1) is 14.0. The van der Waals surface area contributed by atoms with Gasteiger partial charge in [0.2, 0.25) is 5.91 Å². The highest BCUT2D eigenvalue weighted by Gasteiger charge is 2.36. The van der Waals surface area contributed by atoms with E-state index in [1.54, 1.807) is 18.3 Å². The molecule has 0 aliphatic carbocycles. The van der Waals surface area contributed by atoms with Crippen LogP contribution in [0, 0.1) is 17.1 Å². The quantitative estimate of drug-likeness (QED) is 0.789. The van der Waals surface area contributed by atoms with E-state index in [2.05, 4.69) is 4.98 Å². The normalized spacial score (nSPS) is 23.3. The predicted octanol–water partition coefficient (Wildman–Crippen LogP) is 2.68. The number of amides is 1. The van der Waals surface area contributed by atoms with Gasteiger partial charge in [0.15, 0.2) is 0 Å². The number of hydrogen-bond acceptors (Lipinski definition) is 5. The topological polar surface area (TPSA) is 69.5 Å². The van der Waals surface area contributed by atoms with Crippen molar-refractivity contribution in [2.75, 3.05) is 26.2 Å². The third-order valence-electron chi connectivity index (χ3n) is 5.57. The Morgan fingerprint density at radius 1 is 1.31 bits per heavy atom. The van der Waals surface area contributed by atoms with Crippen molar-refractivity contribution in [3.63, 3.8) is 0 Å². The van der Waals surface area contributed by atoms with Crippen LogP contribution < -0.4 is 4.74 Å². The number of halogens is 2. The van der Waals surface area contributed by atoms with Crippen LogP contribution in [-0.2, 0) is 4.79 Å². The lowest BCUT2D eigenvalue weighted by Crippen LogP contribution is -2.46. The second kappa shape index (κ2) is 8.29. The number of carbonyl (C=O) groups excluding carboxylic acids is 1. The summed E-state index contributed by atoms with van der Waals surface area (Å²) >= 11 is 0. The van der Waals surface area contributed by atoms with Crippen LogP contribution in [-0.4, -0.2) is 65.2 Å². The van der Waals surface area contributed by atoms with Gasteiger partial charge in [0, 0.05) is 31.1 Å². The number of rotatable bonds is 4. The highest BCUT2D eigenvalue weighted by atomic mass is 19.1. The average molecular weight is 400 g/mol. The van der Waals surface area contributed by atoms with Crippen LogP contribution in [0.1, 0.15) is 19.3 Å². The average Bonchev–Trinajstić information content (AvgIpc) is 3.11. The number of nitrogens with zero attached hydrogens (tertiary/aromatic N) is 4. The molecule has 0 saturated carbocycles. The van der Waals surface area contributed by atoms with Crippen molar-refractivity contribution in [2.24, 2.45) is 0 Å². The van der Waals surface area contributed by atoms with E-state index in [0.717, 1.165) is 12.8 Å². The van der Waals surface area contributed by atoms with E-state index >= 15 is 0 Å². The summed E-state index contributed by atoms with van der Waals surface area (Å²) in [5.41, 5.74) is 0.677. The van der Waals surface area contributed by atoms with Crippen molar-refractivity contribution >= 4 is 16.8 Å². The Balaban J connectivity index is 1.33. The van der Waals surface area contributed by atoms with Gasteiger partial charge in [0.05, 0.1) is 24.7 Å². The van der Waals surface area contributed by atoms with Crippen molar-refractivity contribution in [3.05, 3.63) is 36.3 Å². The maximum absolute atomic E-state index is 13.6. The number of carbonyl (C=O) groups is 1. The maximum atomic E-state index is 13.6. The fourth-order valence-electron chi connectivity index (χ4n) is 4.03. The lowest BCUT2D eigenvalue weighted by molar-refractivity contribution is -0.133. The standard InChI is InChI=1S/C21H22F2N4O2/c22-14-1-2-19-18(10-14)20(3-6-25-19)29-17-4-7-26(8-5-17)13-21(28)27-12-15(23)9-16(27)11-24/h1-3,6,10,15-17H,4-5,7-9,12-13H2/t15-,16-/m0/s1. The number of likely N-dealkylation sites (tertiary alicyclic amines) is 2. The molecule has 1 aromatic carbocycles. The molecular formula is C21H22F2N4O2. The van der Waals surface area contributed by atoms with Gasteiger partial charge in [-0.1, -0.05) is 0 Å². The van der Waals surface area contributed by atoms with Gasteiger partial charge in [0.1, 0.15) is 29.9 Å². The first-order valence-corrected chi connectivity index (χ1v) is 9.80. The van der Waals surface area contributed by atoms with E-state index in [9.17, 15) is 13.6 Å². The molecule has 2 atom stereocenters. The first kappa shape index (κ1) is 19.5. The van der Waals surface area contributed by atoms with Crippen LogP contribution in [0.2, 0.25) is 0 Å². The Hall–Kier alpha value is -2.79. The minimum Gasteiger partial charge on any atom is -0.490 e. The van der Waals surface area contributed by atoms with Gasteiger partial charge in [0.25, 0.3) is 0 Å². The van der Waals surface area contributed by atoms with Crippen LogP contribution in [0.3, 0.4) is 0 Å². The van der Waals surface area contributed by atoms with Crippen LogP contribution >= 0.6 is 0 Å². The van der Waals surface area contributed by atoms with Gasteiger partial charge in [-0.05, 0) is 37.1 Å². The molecule has 2 saturated heterocycles. The fraction of sp³-hybridized carbons (Fsp3) is 0.476. The van der Waals surface area contributed by atoms with E-state index in [1.165, 1.54) is 17.0 Å². The molecule has 0 spiro atoms. The minimum absolute atomic E-state index is 0.00229. The molecule has 2 aliphatic heterocycles. The van der Waals surface area contributed by atoms with Gasteiger partial charge in [-0.15, -0.1) is 0 Å². The third-order valence-corrected chi connectivity index (χ3v) is 5.57. The largest absolute Gasteiger partial charge is 0.490 e. The van der Waals surface area contributed by atoms with Gasteiger partial charge in [-0.3, -0.25) is 14.7 Å². The Morgan fingerprint density at radius 3 is 2.86 bits per heavy atom. The summed E-state index contributed by atoms with van der Waals surface area (Å²) in [5.74, 6) is 0.0652. The first-order valence-electron chi connectivity index (χ1n) is 9.80. The van der Waals surface area contributed by atoms with Gasteiger partial charge < -0.3 is 9.64 Å². The van der Waals surface area contributed by atoms with Crippen molar-refractivity contribution in [1.82, 2.24) is 14.8 Å². The minimum atomic E-state index is -1.12. The fourth-order valence-corrected chi connectivity index (χ4v) is 4.03. The highest BCUT2D eigenvalue weighted by molar-refractivity contribution is 5.84. The molecule has 0 radical (unpaired) electrons. The maximum Gasteiger partial charge on any atom is 0.237 e. The molecule has 29 heavy (non-hydrogen) atoms. The Kier molecular flexibility index (Phi) is 5.58. The second-order valence-electron chi connectivity index (χ2n) is 7.59. The molecule has 3 heterocycles. The number of nitriles is 1. The molecule has 1 amide bonds. The van der Waals surface area contributed by atoms with E-state index in [-0.39, 0.29) is 37.3 Å². The van der Waals surface area contributed by atoms with Gasteiger partial charge >= 0.3 is 0 Å². The number of piperidine rings is 1. The van der Waals surface area contributed by atoms with Crippen LogP contribution in [0.4, 0.5) is 8.78 Å². The number of pyridine rings is 1. The molecule has 4 rings (SSSR count). The summed E-state index contributed by atoms with van der Waals surface area (Å²) in [6.07, 6.45) is 2.02. The zero-order valence-corrected chi connectivity index (χ0v) is 15.9. The molecule has 2 aliphatic rings. The smallest absolute Gasteiger partial charge is 0.237 e. The second-order valence-corrected chi connectivity index (χ2v) is 7.59. The molecule has 1 aromatic heterocycles. The molecule has 8 heteroatoms. The van der Waals surface area contributed by atoms with Crippen LogP contribution in [0.15, 0.2) is 30.5 Å². The summed E-state index contributed by atoms with van der Waals surface area (Å²) in [4.78, 5) is 20.1. The molecule has 0 N–H and O–H groups in total. The van der Waals surface area contributed by atoms with Crippen molar-refractivity contribution in [2.45, 2.75) is 37.6 Å². The number of hydrogen-bond donors (Lipinski definition) is 0. The monoisotopic (exact) mass is 400 g/mol. The third kappa shape index (κ3) is 4.30. The summed E-state index contributed by atoms with van der Waals surface area (Å²) in [6, 6.07) is 7.50. The van der Waals surface area contributed by atoms with Crippen LogP contribution in [0.25, 0.3) is 10.9 Å². The van der Waals surface area contributed by atoms with Gasteiger partial charge in [-0.2, -0.15) is 5.26 Å². The predicted molar refractivity (Wildman–Crippen MR) is 102 cm³/mol. The molecule has 2 aromatic rings. The zero-order valence-electron chi connectivity index (χ0n) is 15.9. The number of benzene rings is 1. The van der Waals surface area contributed by atoms with Crippen molar-refractivity contribution < 1.29 is 18.3 Å². The van der Waals surface area contributed by atoms with Gasteiger partial charge in [-0.25, -0.2) is 8.78 Å². The number of ether oxygens (including phenoxy) is 1. The van der Waals surface area contributed by atoms with E-state index in [1.807, 2.05) is 11.0 Å². The molecule has 2 fully saturated rings. The Bertz CT molecular complexity index is 940. The molecule has 6 nitrogen and oxygen atoms in total. The van der Waals surface area contributed by atoms with Crippen LogP contribution in [0.5, 0.6) is 5.75 Å². The lowest BCUT2D eigenvalue weighted by atomic mass is 10.1. The summed E-state index contributed by atoms with van der Waals surface area (Å²) in [6.45, 7) is 1.51. The summed E-state index contributed by atoms with van der Waals surface area (Å²) in [5, 5.41) is 9.75. The van der Waals surface area contributed by atoms with Crippen molar-refractivity contribution in [1.29, 1.82) is 5.26 Å². The molecular weight excluding hydrogens is 378 g/mol. The number of alkyl halides is 1. The Morgan fingerprint density at radius 2 is 2.10 bits per heavy atom. The summed E-state index contributed by atoms with van der Waals surface area (Å²) < 4.78 is 33.2. The highest BCUT2D eigenvalue weighted by Crippen LogP contribution is 2.28. The molecule has 0 unspecified atom stereocenters. The Labute approximate surface area is 167 Å². The number of aromatic nitrogens is 1. The zero-order chi connectivity index (χ0) is 20.4. The van der Waals surface area contributed by atoms with Crippen molar-refractivity contribution in [3.8, 4) is 11.8 Å². The van der Waals surface area contributed by atoms with E-state index in [4.69, 9.17) is 10.00 Å². The molecule has 0 bridgehead atoms. The van der Waals surface area contributed by atoms with E-state index in [0.29, 0.717) is 29.7 Å².